The van der Waals surface area contributed by atoms with E-state index in [2.05, 4.69) is 11.9 Å². The number of nitrogens with one attached hydrogen (secondary N) is 1. The van der Waals surface area contributed by atoms with E-state index in [4.69, 9.17) is 4.74 Å². The second-order valence-corrected chi connectivity index (χ2v) is 5.70. The number of aromatic amines is 1. The molecule has 3 rings (SSSR count). The highest BCUT2D eigenvalue weighted by Crippen LogP contribution is 2.42. The van der Waals surface area contributed by atoms with Gasteiger partial charge in [-0.15, -0.1) is 0 Å². The topological polar surface area (TPSA) is 79.4 Å². The van der Waals surface area contributed by atoms with E-state index in [-0.39, 0.29) is 18.8 Å². The SMILES string of the molecule is CCc1cccc2c3c([nH]c12)[C@](CC)(CC(=O)O)OCC3=O. The molecule has 5 heteroatoms. The van der Waals surface area contributed by atoms with Gasteiger partial charge < -0.3 is 14.8 Å². The summed E-state index contributed by atoms with van der Waals surface area (Å²) in [5, 5.41) is 10.1. The van der Waals surface area contributed by atoms with Crippen LogP contribution in [0.5, 0.6) is 0 Å². The first-order chi connectivity index (χ1) is 10.5. The molecule has 1 aliphatic heterocycles. The number of rotatable bonds is 4. The molecule has 22 heavy (non-hydrogen) atoms. The van der Waals surface area contributed by atoms with Crippen LogP contribution in [0.4, 0.5) is 0 Å². The summed E-state index contributed by atoms with van der Waals surface area (Å²) in [5.41, 5.74) is 2.28. The lowest BCUT2D eigenvalue weighted by atomic mass is 9.86. The largest absolute Gasteiger partial charge is 0.481 e. The first-order valence-corrected chi connectivity index (χ1v) is 7.55. The summed E-state index contributed by atoms with van der Waals surface area (Å²) >= 11 is 0. The zero-order valence-electron chi connectivity index (χ0n) is 12.7. The van der Waals surface area contributed by atoms with Gasteiger partial charge in [0.15, 0.2) is 5.78 Å². The molecule has 0 fully saturated rings. The molecule has 5 nitrogen and oxygen atoms in total. The average molecular weight is 301 g/mol. The van der Waals surface area contributed by atoms with Crippen LogP contribution in [0.1, 0.15) is 48.3 Å². The van der Waals surface area contributed by atoms with Gasteiger partial charge in [-0.1, -0.05) is 32.0 Å². The molecule has 2 N–H and O–H groups in total. The Balaban J connectivity index is 2.31. The molecule has 0 bridgehead atoms. The van der Waals surface area contributed by atoms with Crippen molar-refractivity contribution in [1.82, 2.24) is 4.98 Å². The molecule has 2 aromatic rings. The molecule has 1 aromatic carbocycles. The van der Waals surface area contributed by atoms with Crippen molar-refractivity contribution < 1.29 is 19.4 Å². The summed E-state index contributed by atoms with van der Waals surface area (Å²) in [5.74, 6) is -1.03. The van der Waals surface area contributed by atoms with Crippen molar-refractivity contribution in [2.45, 2.75) is 38.7 Å². The first kappa shape index (κ1) is 14.8. The fourth-order valence-corrected chi connectivity index (χ4v) is 3.34. The number of carbonyl (C=O) groups is 2. The van der Waals surface area contributed by atoms with Gasteiger partial charge in [0.2, 0.25) is 0 Å². The quantitative estimate of drug-likeness (QED) is 0.909. The van der Waals surface area contributed by atoms with Crippen molar-refractivity contribution in [1.29, 1.82) is 0 Å². The molecule has 0 aliphatic carbocycles. The highest BCUT2D eigenvalue weighted by molar-refractivity contribution is 6.11. The third-order valence-electron chi connectivity index (χ3n) is 4.52. The van der Waals surface area contributed by atoms with Crippen molar-refractivity contribution in [3.05, 3.63) is 35.0 Å². The Labute approximate surface area is 128 Å². The number of ether oxygens (including phenoxy) is 1. The summed E-state index contributed by atoms with van der Waals surface area (Å²) in [6.07, 6.45) is 1.18. The molecule has 1 atom stereocenters. The molecule has 0 saturated carbocycles. The van der Waals surface area contributed by atoms with Crippen LogP contribution in [0.15, 0.2) is 18.2 Å². The number of fused-ring (bicyclic) bond motifs is 3. The Kier molecular flexibility index (Phi) is 3.53. The number of aromatic nitrogens is 1. The Morgan fingerprint density at radius 1 is 1.41 bits per heavy atom. The molecule has 1 aliphatic rings. The summed E-state index contributed by atoms with van der Waals surface area (Å²) in [4.78, 5) is 26.9. The van der Waals surface area contributed by atoms with E-state index in [9.17, 15) is 14.7 Å². The Bertz CT molecular complexity index is 761. The van der Waals surface area contributed by atoms with Gasteiger partial charge in [0.05, 0.1) is 17.7 Å². The highest BCUT2D eigenvalue weighted by Gasteiger charge is 2.43. The Morgan fingerprint density at radius 3 is 2.82 bits per heavy atom. The van der Waals surface area contributed by atoms with Crippen LogP contribution in [0.25, 0.3) is 10.9 Å². The number of hydrogen-bond acceptors (Lipinski definition) is 3. The van der Waals surface area contributed by atoms with Crippen molar-refractivity contribution in [3.8, 4) is 0 Å². The van der Waals surface area contributed by atoms with Crippen LogP contribution in [0.3, 0.4) is 0 Å². The number of aryl methyl sites for hydroxylation is 1. The standard InChI is InChI=1S/C17H19NO4/c1-3-10-6-5-7-11-14-12(19)9-22-17(4-2,8-13(20)21)16(14)18-15(10)11/h5-7,18H,3-4,8-9H2,1-2H3,(H,20,21)/t17-/m0/s1. The van der Waals surface area contributed by atoms with Crippen molar-refractivity contribution in [2.75, 3.05) is 6.61 Å². The minimum absolute atomic E-state index is 0.0720. The number of aliphatic carboxylic acids is 1. The third kappa shape index (κ3) is 2.04. The number of carboxylic acid groups (broad SMARTS) is 1. The van der Waals surface area contributed by atoms with Gasteiger partial charge in [0, 0.05) is 10.9 Å². The molecule has 0 saturated heterocycles. The molecular weight excluding hydrogens is 282 g/mol. The number of H-pyrrole nitrogens is 1. The van der Waals surface area contributed by atoms with Crippen LogP contribution < -0.4 is 0 Å². The number of benzene rings is 1. The minimum Gasteiger partial charge on any atom is -0.481 e. The van der Waals surface area contributed by atoms with E-state index in [1.165, 1.54) is 0 Å². The van der Waals surface area contributed by atoms with Crippen LogP contribution in [0, 0.1) is 0 Å². The van der Waals surface area contributed by atoms with E-state index in [1.54, 1.807) is 0 Å². The summed E-state index contributed by atoms with van der Waals surface area (Å²) in [6.45, 7) is 3.86. The molecular formula is C17H19NO4. The maximum atomic E-state index is 12.4. The maximum Gasteiger partial charge on any atom is 0.306 e. The monoisotopic (exact) mass is 301 g/mol. The van der Waals surface area contributed by atoms with Gasteiger partial charge in [-0.25, -0.2) is 0 Å². The molecule has 0 unspecified atom stereocenters. The van der Waals surface area contributed by atoms with Gasteiger partial charge in [0.1, 0.15) is 12.2 Å². The molecule has 0 amide bonds. The molecule has 116 valence electrons. The van der Waals surface area contributed by atoms with Crippen LogP contribution in [-0.4, -0.2) is 28.4 Å². The van der Waals surface area contributed by atoms with Crippen LogP contribution in [-0.2, 0) is 21.6 Å². The van der Waals surface area contributed by atoms with E-state index in [0.29, 0.717) is 17.7 Å². The maximum absolute atomic E-state index is 12.4. The molecule has 0 spiro atoms. The second kappa shape index (κ2) is 5.25. The van der Waals surface area contributed by atoms with Crippen molar-refractivity contribution >= 4 is 22.7 Å². The fourth-order valence-electron chi connectivity index (χ4n) is 3.34. The second-order valence-electron chi connectivity index (χ2n) is 5.70. The van der Waals surface area contributed by atoms with Gasteiger partial charge >= 0.3 is 5.97 Å². The zero-order valence-corrected chi connectivity index (χ0v) is 12.7. The summed E-state index contributed by atoms with van der Waals surface area (Å²) < 4.78 is 5.71. The molecule has 2 heterocycles. The first-order valence-electron chi connectivity index (χ1n) is 7.55. The van der Waals surface area contributed by atoms with Crippen molar-refractivity contribution in [2.24, 2.45) is 0 Å². The predicted octanol–water partition coefficient (Wildman–Crippen LogP) is 3.02. The number of carbonyl (C=O) groups excluding carboxylic acids is 1. The summed E-state index contributed by atoms with van der Waals surface area (Å²) in [6, 6.07) is 5.86. The Hall–Kier alpha value is -2.14. The zero-order chi connectivity index (χ0) is 15.9. The number of carboxylic acids is 1. The van der Waals surface area contributed by atoms with Gasteiger partial charge in [-0.2, -0.15) is 0 Å². The molecule has 0 radical (unpaired) electrons. The van der Waals surface area contributed by atoms with E-state index in [1.807, 2.05) is 25.1 Å². The highest BCUT2D eigenvalue weighted by atomic mass is 16.5. The van der Waals surface area contributed by atoms with E-state index >= 15 is 0 Å². The van der Waals surface area contributed by atoms with E-state index in [0.717, 1.165) is 22.9 Å². The van der Waals surface area contributed by atoms with Crippen LogP contribution in [0.2, 0.25) is 0 Å². The Morgan fingerprint density at radius 2 is 2.18 bits per heavy atom. The normalized spacial score (nSPS) is 21.1. The average Bonchev–Trinajstić information content (AvgIpc) is 2.90. The van der Waals surface area contributed by atoms with Gasteiger partial charge in [0.25, 0.3) is 0 Å². The lowest BCUT2D eigenvalue weighted by molar-refractivity contribution is -0.147. The lowest BCUT2D eigenvalue weighted by Crippen LogP contribution is -2.39. The van der Waals surface area contributed by atoms with E-state index < -0.39 is 11.6 Å². The number of para-hydroxylation sites is 1. The van der Waals surface area contributed by atoms with Gasteiger partial charge in [-0.05, 0) is 18.4 Å². The fraction of sp³-hybridized carbons (Fsp3) is 0.412. The van der Waals surface area contributed by atoms with Crippen LogP contribution >= 0.6 is 0 Å². The smallest absolute Gasteiger partial charge is 0.306 e. The van der Waals surface area contributed by atoms with Crippen molar-refractivity contribution in [3.63, 3.8) is 0 Å². The minimum atomic E-state index is -0.959. The molecule has 1 aromatic heterocycles. The number of ketones is 1. The number of Topliss-reactive ketones (excluding diaryl/α,β-unsaturated/α-hetero) is 1. The number of hydrogen-bond donors (Lipinski definition) is 2. The van der Waals surface area contributed by atoms with Gasteiger partial charge in [-0.3, -0.25) is 9.59 Å². The lowest BCUT2D eigenvalue weighted by Gasteiger charge is -2.34. The summed E-state index contributed by atoms with van der Waals surface area (Å²) in [7, 11) is 0. The third-order valence-corrected chi connectivity index (χ3v) is 4.52. The predicted molar refractivity (Wildman–Crippen MR) is 82.2 cm³/mol.